The Morgan fingerprint density at radius 1 is 0.941 bits per heavy atom. The predicted octanol–water partition coefficient (Wildman–Crippen LogP) is 3.20. The molecule has 0 saturated heterocycles. The zero-order valence-corrected chi connectivity index (χ0v) is 10.8. The Balaban J connectivity index is 1.46. The molecule has 17 heavy (non-hydrogen) atoms. The molecule has 0 aromatic heterocycles. The van der Waals surface area contributed by atoms with Crippen molar-refractivity contribution in [3.8, 4) is 12.3 Å². The molecule has 4 aliphatic rings. The van der Waals surface area contributed by atoms with E-state index in [2.05, 4.69) is 11.2 Å². The van der Waals surface area contributed by atoms with Crippen LogP contribution in [0.2, 0.25) is 0 Å². The highest BCUT2D eigenvalue weighted by molar-refractivity contribution is 5.01. The van der Waals surface area contributed by atoms with Gasteiger partial charge in [-0.15, -0.1) is 12.3 Å². The summed E-state index contributed by atoms with van der Waals surface area (Å²) in [6, 6.07) is 0.855. The van der Waals surface area contributed by atoms with Gasteiger partial charge in [0.05, 0.1) is 0 Å². The highest BCUT2D eigenvalue weighted by Crippen LogP contribution is 2.53. The SMILES string of the molecule is C#CCCCCNC1C2CC3CC(C2)CC1C3. The fourth-order valence-corrected chi connectivity index (χ4v) is 4.88. The summed E-state index contributed by atoms with van der Waals surface area (Å²) in [6.45, 7) is 1.19. The molecule has 0 aliphatic heterocycles. The van der Waals surface area contributed by atoms with Crippen molar-refractivity contribution >= 4 is 0 Å². The normalized spacial score (nSPS) is 42.6. The van der Waals surface area contributed by atoms with Crippen LogP contribution in [0.4, 0.5) is 0 Å². The first kappa shape index (κ1) is 11.6. The lowest BCUT2D eigenvalue weighted by atomic mass is 9.54. The minimum atomic E-state index is 0.855. The van der Waals surface area contributed by atoms with Crippen molar-refractivity contribution in [3.63, 3.8) is 0 Å². The number of rotatable bonds is 5. The van der Waals surface area contributed by atoms with Crippen molar-refractivity contribution in [1.82, 2.24) is 5.32 Å². The molecule has 4 bridgehead atoms. The van der Waals surface area contributed by atoms with Crippen LogP contribution in [-0.4, -0.2) is 12.6 Å². The van der Waals surface area contributed by atoms with Gasteiger partial charge < -0.3 is 5.32 Å². The van der Waals surface area contributed by atoms with E-state index in [1.54, 1.807) is 6.42 Å². The summed E-state index contributed by atoms with van der Waals surface area (Å²) in [6.07, 6.45) is 16.3. The maximum Gasteiger partial charge on any atom is 0.0124 e. The monoisotopic (exact) mass is 231 g/mol. The largest absolute Gasteiger partial charge is 0.313 e. The fraction of sp³-hybridized carbons (Fsp3) is 0.875. The number of unbranched alkanes of at least 4 members (excludes halogenated alkanes) is 2. The third-order valence-electron chi connectivity index (χ3n) is 5.35. The maximum atomic E-state index is 5.28. The molecule has 0 aromatic rings. The molecule has 4 rings (SSSR count). The summed E-state index contributed by atoms with van der Waals surface area (Å²) in [5.41, 5.74) is 0. The van der Waals surface area contributed by atoms with E-state index in [9.17, 15) is 0 Å². The lowest BCUT2D eigenvalue weighted by Gasteiger charge is -2.54. The van der Waals surface area contributed by atoms with E-state index in [-0.39, 0.29) is 0 Å². The van der Waals surface area contributed by atoms with Crippen molar-refractivity contribution < 1.29 is 0 Å². The van der Waals surface area contributed by atoms with E-state index < -0.39 is 0 Å². The molecule has 0 radical (unpaired) electrons. The lowest BCUT2D eigenvalue weighted by molar-refractivity contribution is -0.0135. The van der Waals surface area contributed by atoms with Gasteiger partial charge in [-0.25, -0.2) is 0 Å². The van der Waals surface area contributed by atoms with Gasteiger partial charge in [0.25, 0.3) is 0 Å². The predicted molar refractivity (Wildman–Crippen MR) is 71.5 cm³/mol. The molecular formula is C16H25N. The Morgan fingerprint density at radius 3 is 2.18 bits per heavy atom. The van der Waals surface area contributed by atoms with Gasteiger partial charge in [0.1, 0.15) is 0 Å². The highest BCUT2D eigenvalue weighted by Gasteiger charge is 2.47. The van der Waals surface area contributed by atoms with Crippen LogP contribution in [-0.2, 0) is 0 Å². The van der Waals surface area contributed by atoms with Crippen LogP contribution < -0.4 is 5.32 Å². The number of hydrogen-bond acceptors (Lipinski definition) is 1. The molecule has 0 unspecified atom stereocenters. The van der Waals surface area contributed by atoms with Gasteiger partial charge in [-0.3, -0.25) is 0 Å². The average Bonchev–Trinajstić information content (AvgIpc) is 2.31. The van der Waals surface area contributed by atoms with Crippen LogP contribution in [0, 0.1) is 36.0 Å². The van der Waals surface area contributed by atoms with Crippen molar-refractivity contribution in [2.24, 2.45) is 23.7 Å². The Kier molecular flexibility index (Phi) is 3.43. The van der Waals surface area contributed by atoms with Crippen molar-refractivity contribution in [1.29, 1.82) is 0 Å². The molecule has 4 saturated carbocycles. The lowest BCUT2D eigenvalue weighted by Crippen LogP contribution is -2.54. The number of terminal acetylenes is 1. The molecule has 1 N–H and O–H groups in total. The molecular weight excluding hydrogens is 206 g/mol. The third-order valence-corrected chi connectivity index (χ3v) is 5.35. The zero-order valence-electron chi connectivity index (χ0n) is 10.8. The molecule has 4 aliphatic carbocycles. The first-order valence-corrected chi connectivity index (χ1v) is 7.53. The van der Waals surface area contributed by atoms with Gasteiger partial charge in [-0.2, -0.15) is 0 Å². The fourth-order valence-electron chi connectivity index (χ4n) is 4.88. The summed E-state index contributed by atoms with van der Waals surface area (Å²) >= 11 is 0. The van der Waals surface area contributed by atoms with Crippen molar-refractivity contribution in [2.45, 2.75) is 57.4 Å². The third kappa shape index (κ3) is 2.38. The van der Waals surface area contributed by atoms with Gasteiger partial charge in [0, 0.05) is 12.5 Å². The Labute approximate surface area is 106 Å². The van der Waals surface area contributed by atoms with Gasteiger partial charge in [-0.05, 0) is 75.2 Å². The van der Waals surface area contributed by atoms with E-state index in [0.717, 1.165) is 36.1 Å². The molecule has 4 fully saturated rings. The second-order valence-corrected chi connectivity index (χ2v) is 6.57. The number of hydrogen-bond donors (Lipinski definition) is 1. The van der Waals surface area contributed by atoms with Gasteiger partial charge in [0.15, 0.2) is 0 Å². The molecule has 1 heteroatoms. The maximum absolute atomic E-state index is 5.28. The standard InChI is InChI=1S/C16H25N/c1-2-3-4-5-6-17-16-14-8-12-7-13(10-14)11-15(16)9-12/h1,12-17H,3-11H2. The minimum Gasteiger partial charge on any atom is -0.313 e. The van der Waals surface area contributed by atoms with Crippen LogP contribution in [0.1, 0.15) is 51.4 Å². The topological polar surface area (TPSA) is 12.0 Å². The second kappa shape index (κ2) is 5.02. The smallest absolute Gasteiger partial charge is 0.0124 e. The van der Waals surface area contributed by atoms with Gasteiger partial charge >= 0.3 is 0 Å². The summed E-state index contributed by atoms with van der Waals surface area (Å²) in [4.78, 5) is 0. The van der Waals surface area contributed by atoms with Crippen LogP contribution >= 0.6 is 0 Å². The minimum absolute atomic E-state index is 0.855. The molecule has 1 nitrogen and oxygen atoms in total. The summed E-state index contributed by atoms with van der Waals surface area (Å²) < 4.78 is 0. The van der Waals surface area contributed by atoms with E-state index >= 15 is 0 Å². The molecule has 0 aromatic carbocycles. The summed E-state index contributed by atoms with van der Waals surface area (Å²) in [7, 11) is 0. The Hall–Kier alpha value is -0.480. The van der Waals surface area contributed by atoms with E-state index in [0.29, 0.717) is 0 Å². The molecule has 0 spiro atoms. The van der Waals surface area contributed by atoms with E-state index in [4.69, 9.17) is 6.42 Å². The molecule has 0 heterocycles. The molecule has 0 amide bonds. The number of nitrogens with one attached hydrogen (secondary N) is 1. The first-order chi connectivity index (χ1) is 8.36. The van der Waals surface area contributed by atoms with Crippen LogP contribution in [0.15, 0.2) is 0 Å². The van der Waals surface area contributed by atoms with Crippen LogP contribution in [0.5, 0.6) is 0 Å². The molecule has 0 atom stereocenters. The van der Waals surface area contributed by atoms with E-state index in [1.165, 1.54) is 45.1 Å². The van der Waals surface area contributed by atoms with Crippen molar-refractivity contribution in [3.05, 3.63) is 0 Å². The summed E-state index contributed by atoms with van der Waals surface area (Å²) in [5, 5.41) is 3.86. The zero-order chi connectivity index (χ0) is 11.7. The quantitative estimate of drug-likeness (QED) is 0.566. The van der Waals surface area contributed by atoms with Gasteiger partial charge in [0.2, 0.25) is 0 Å². The van der Waals surface area contributed by atoms with Gasteiger partial charge in [-0.1, -0.05) is 0 Å². The highest BCUT2D eigenvalue weighted by atomic mass is 14.9. The van der Waals surface area contributed by atoms with Crippen LogP contribution in [0.25, 0.3) is 0 Å². The van der Waals surface area contributed by atoms with E-state index in [1.807, 2.05) is 0 Å². The average molecular weight is 231 g/mol. The van der Waals surface area contributed by atoms with Crippen molar-refractivity contribution in [2.75, 3.05) is 6.54 Å². The Morgan fingerprint density at radius 2 is 1.59 bits per heavy atom. The second-order valence-electron chi connectivity index (χ2n) is 6.57. The summed E-state index contributed by atoms with van der Waals surface area (Å²) in [5.74, 6) is 6.94. The molecule has 94 valence electrons. The first-order valence-electron chi connectivity index (χ1n) is 7.53. The Bertz CT molecular complexity index is 273. The van der Waals surface area contributed by atoms with Crippen LogP contribution in [0.3, 0.4) is 0 Å².